The summed E-state index contributed by atoms with van der Waals surface area (Å²) in [6.45, 7) is 1.93. The van der Waals surface area contributed by atoms with Crippen LogP contribution in [0.15, 0.2) is 88.0 Å². The third kappa shape index (κ3) is 12.2. The van der Waals surface area contributed by atoms with Crippen molar-refractivity contribution in [3.63, 3.8) is 0 Å². The van der Waals surface area contributed by atoms with Crippen LogP contribution >= 0.6 is 23.2 Å². The second-order valence-electron chi connectivity index (χ2n) is 12.8. The number of hydrogen-bond donors (Lipinski definition) is 6. The molecule has 0 saturated heterocycles. The molecule has 3 amide bonds. The molecule has 2 unspecified atom stereocenters. The molecule has 2 aliphatic rings. The fraction of sp³-hybridized carbons (Fsp3) is 0.229. The number of nitrogens with zero attached hydrogens (tertiary/aromatic N) is 6. The van der Waals surface area contributed by atoms with Gasteiger partial charge in [0.25, 0.3) is 34.4 Å². The Balaban J connectivity index is 0.000000234. The predicted molar refractivity (Wildman–Crippen MR) is 210 cm³/mol. The van der Waals surface area contributed by atoms with Gasteiger partial charge in [0.1, 0.15) is 57.1 Å². The van der Waals surface area contributed by atoms with Crippen molar-refractivity contribution in [1.29, 1.82) is 0 Å². The molecule has 7 heterocycles. The van der Waals surface area contributed by atoms with Gasteiger partial charge in [-0.1, -0.05) is 23.2 Å². The summed E-state index contributed by atoms with van der Waals surface area (Å²) < 4.78 is 112. The van der Waals surface area contributed by atoms with E-state index in [9.17, 15) is 73.1 Å². The Morgan fingerprint density at radius 2 is 1.15 bits per heavy atom. The minimum Gasteiger partial charge on any atom is -0.384 e. The number of nitrogen functional groups attached to an aromatic ring is 1. The number of halogens is 11. The van der Waals surface area contributed by atoms with Gasteiger partial charge in [0, 0.05) is 19.3 Å². The highest BCUT2D eigenvalue weighted by atomic mass is 35.5. The lowest BCUT2D eigenvalue weighted by molar-refractivity contribution is -0.213. The highest BCUT2D eigenvalue weighted by Gasteiger charge is 2.60. The van der Waals surface area contributed by atoms with Crippen LogP contribution < -0.4 is 44.1 Å². The summed E-state index contributed by atoms with van der Waals surface area (Å²) in [6.07, 6.45) is -8.64. The molecule has 0 fully saturated rings. The molecule has 7 rings (SSSR count). The number of hydrogen-bond acceptors (Lipinski definition) is 13. The van der Waals surface area contributed by atoms with Gasteiger partial charge in [0.15, 0.2) is 0 Å². The number of amides is 3. The zero-order valence-electron chi connectivity index (χ0n) is 32.8. The van der Waals surface area contributed by atoms with Gasteiger partial charge in [-0.3, -0.25) is 42.7 Å². The maximum atomic E-state index is 13.3. The first-order chi connectivity index (χ1) is 29.9. The summed E-state index contributed by atoms with van der Waals surface area (Å²) in [6, 6.07) is 10.3. The number of fused-ring (bicyclic) bond motifs is 2. The molecule has 19 nitrogen and oxygen atoms in total. The number of primary amides is 1. The zero-order chi connectivity index (χ0) is 49.5. The van der Waals surface area contributed by atoms with Crippen molar-refractivity contribution in [2.75, 3.05) is 11.1 Å². The van der Waals surface area contributed by atoms with Crippen molar-refractivity contribution in [2.24, 2.45) is 5.73 Å². The van der Waals surface area contributed by atoms with Crippen molar-refractivity contribution in [1.82, 2.24) is 44.7 Å². The molecule has 8 N–H and O–H groups in total. The number of nitrogens with two attached hydrogens (primary N) is 2. The first-order valence-electron chi connectivity index (χ1n) is 17.1. The molecule has 65 heavy (non-hydrogen) atoms. The maximum Gasteiger partial charge on any atom is 0.449 e. The Morgan fingerprint density at radius 3 is 1.54 bits per heavy atom. The number of nitrogens with one attached hydrogen (secondary N) is 4. The molecular formula is C35H29Cl2F9N12O7. The van der Waals surface area contributed by atoms with Gasteiger partial charge in [-0.05, 0) is 62.4 Å². The van der Waals surface area contributed by atoms with Crippen molar-refractivity contribution < 1.29 is 58.7 Å². The van der Waals surface area contributed by atoms with Crippen LogP contribution in [0.5, 0.6) is 0 Å². The van der Waals surface area contributed by atoms with Gasteiger partial charge in [0.2, 0.25) is 17.1 Å². The van der Waals surface area contributed by atoms with Crippen molar-refractivity contribution in [3.8, 4) is 0 Å². The van der Waals surface area contributed by atoms with E-state index >= 15 is 0 Å². The summed E-state index contributed by atoms with van der Waals surface area (Å²) in [5, 5.41) is 5.84. The van der Waals surface area contributed by atoms with Crippen LogP contribution in [0.4, 0.5) is 56.8 Å². The Hall–Kier alpha value is -7.36. The second kappa shape index (κ2) is 20.0. The van der Waals surface area contributed by atoms with E-state index in [2.05, 4.69) is 30.2 Å². The van der Waals surface area contributed by atoms with E-state index in [4.69, 9.17) is 34.7 Å². The molecule has 0 bridgehead atoms. The molecular weight excluding hydrogens is 942 g/mol. The molecule has 2 atom stereocenters. The summed E-state index contributed by atoms with van der Waals surface area (Å²) in [5.41, 5.74) is 1.16. The number of Topliss-reactive ketones (excluding diaryl/α,β-unsaturated/α-hetero) is 1. The number of carbonyl (C=O) groups excluding carboxylic acids is 4. The van der Waals surface area contributed by atoms with Gasteiger partial charge in [-0.2, -0.15) is 39.5 Å². The lowest BCUT2D eigenvalue weighted by atomic mass is 10.2. The first-order valence-corrected chi connectivity index (χ1v) is 17.9. The number of aromatic nitrogens is 7. The minimum absolute atomic E-state index is 0.0370. The fourth-order valence-electron chi connectivity index (χ4n) is 4.87. The third-order valence-corrected chi connectivity index (χ3v) is 8.86. The third-order valence-electron chi connectivity index (χ3n) is 8.27. The standard InChI is InChI=1S/C13H10F3N5O2.C9H6ClF3N2O2.C6H5ClN2O2.C4H5N3.C3H3F3O/c1-12(13(14,15)16)20-10(22)8-3-2-7(11(23)21(8)12)19-9-4-5-17-6-18-9;1-8(9(11,12)13)14-6(16)5-3-2-4(10)7(17)15(5)8;7-3-1-2-4(5(8)10)9-6(3)11;5-4-1-2-6-3-7-4;1-2(7)3(4,5)6/h2-6H,1H3,(H,20,22)(H,17,18,19);2-3H,1H3,(H,14,16);1-2H,(H2,8,10)(H,9,11);1-3H,(H2,5,6,7);1H3. The van der Waals surface area contributed by atoms with Gasteiger partial charge in [-0.25, -0.2) is 19.9 Å². The van der Waals surface area contributed by atoms with Crippen LogP contribution in [0, 0.1) is 0 Å². The molecule has 0 aromatic carbocycles. The lowest BCUT2D eigenvalue weighted by Crippen LogP contribution is -2.55. The number of anilines is 3. The molecule has 5 aromatic heterocycles. The number of rotatable bonds is 3. The van der Waals surface area contributed by atoms with Crippen LogP contribution in [0.1, 0.15) is 52.2 Å². The number of pyridine rings is 3. The Bertz CT molecular complexity index is 2750. The lowest BCUT2D eigenvalue weighted by Gasteiger charge is -2.29. The van der Waals surface area contributed by atoms with Crippen molar-refractivity contribution in [2.45, 2.75) is 50.6 Å². The molecule has 30 heteroatoms. The molecule has 0 spiro atoms. The molecule has 348 valence electrons. The Kier molecular flexibility index (Phi) is 16.0. The van der Waals surface area contributed by atoms with E-state index in [0.717, 1.165) is 25.1 Å². The average Bonchev–Trinajstić information content (AvgIpc) is 3.65. The highest BCUT2D eigenvalue weighted by Crippen LogP contribution is 2.39. The van der Waals surface area contributed by atoms with E-state index in [0.29, 0.717) is 28.8 Å². The first kappa shape index (κ1) is 52.0. The SMILES string of the molecule is CC(=O)C(F)(F)F.CC1(C(F)(F)F)NC(=O)c2ccc(Cl)c(=O)n21.CC1(C(F)(F)F)NC(=O)c2ccc(Nc3ccncn3)c(=O)n21.NC(=O)c1ccc(Cl)c(=O)[nH]1.Nc1ccncn1. The van der Waals surface area contributed by atoms with E-state index in [-0.39, 0.29) is 38.6 Å². The van der Waals surface area contributed by atoms with Crippen LogP contribution in [0.2, 0.25) is 10.0 Å². The van der Waals surface area contributed by atoms with E-state index in [1.807, 2.05) is 5.32 Å². The molecule has 0 saturated carbocycles. The predicted octanol–water partition coefficient (Wildman–Crippen LogP) is 4.16. The summed E-state index contributed by atoms with van der Waals surface area (Å²) in [5.74, 6) is -3.61. The van der Waals surface area contributed by atoms with Gasteiger partial charge in [0.05, 0.1) is 0 Å². The summed E-state index contributed by atoms with van der Waals surface area (Å²) in [7, 11) is 0. The smallest absolute Gasteiger partial charge is 0.384 e. The van der Waals surface area contributed by atoms with Gasteiger partial charge >= 0.3 is 18.5 Å². The second-order valence-corrected chi connectivity index (χ2v) is 13.7. The molecule has 2 aliphatic heterocycles. The molecule has 0 radical (unpaired) electrons. The minimum atomic E-state index is -4.84. The topological polar surface area (TPSA) is 285 Å². The van der Waals surface area contributed by atoms with Crippen molar-refractivity contribution in [3.05, 3.63) is 132 Å². The van der Waals surface area contributed by atoms with Crippen LogP contribution in [0.25, 0.3) is 0 Å². The Labute approximate surface area is 366 Å². The number of alkyl halides is 9. The van der Waals surface area contributed by atoms with Crippen LogP contribution in [0.3, 0.4) is 0 Å². The van der Waals surface area contributed by atoms with E-state index < -0.39 is 70.0 Å². The van der Waals surface area contributed by atoms with Crippen molar-refractivity contribution >= 4 is 64.0 Å². The number of ketones is 1. The fourth-order valence-corrected chi connectivity index (χ4v) is 5.13. The van der Waals surface area contributed by atoms with Gasteiger partial charge < -0.3 is 32.4 Å². The average molecular weight is 972 g/mol. The number of H-pyrrole nitrogens is 1. The highest BCUT2D eigenvalue weighted by molar-refractivity contribution is 6.30. The quantitative estimate of drug-likeness (QED) is 0.139. The monoisotopic (exact) mass is 970 g/mol. The van der Waals surface area contributed by atoms with Crippen LogP contribution in [-0.2, 0) is 16.1 Å². The molecule has 0 aliphatic carbocycles. The van der Waals surface area contributed by atoms with E-state index in [1.165, 1.54) is 43.1 Å². The largest absolute Gasteiger partial charge is 0.449 e. The van der Waals surface area contributed by atoms with Gasteiger partial charge in [-0.15, -0.1) is 0 Å². The van der Waals surface area contributed by atoms with Crippen LogP contribution in [-0.4, -0.2) is 76.1 Å². The normalized spacial score (nSPS) is 17.0. The summed E-state index contributed by atoms with van der Waals surface area (Å²) in [4.78, 5) is 94.8. The Morgan fingerprint density at radius 1 is 0.692 bits per heavy atom. The number of aromatic amines is 1. The number of carbonyl (C=O) groups is 4. The molecule has 5 aromatic rings. The summed E-state index contributed by atoms with van der Waals surface area (Å²) >= 11 is 10.9. The van der Waals surface area contributed by atoms with E-state index in [1.54, 1.807) is 17.6 Å². The maximum absolute atomic E-state index is 13.3. The zero-order valence-corrected chi connectivity index (χ0v) is 34.3.